The molecule has 14 heavy (non-hydrogen) atoms. The zero-order valence-electron chi connectivity index (χ0n) is 8.19. The number of aliphatic carboxylic acids is 1. The van der Waals surface area contributed by atoms with E-state index in [2.05, 4.69) is 5.73 Å². The van der Waals surface area contributed by atoms with Crippen LogP contribution in [0.5, 0.6) is 0 Å². The van der Waals surface area contributed by atoms with E-state index in [1.54, 1.807) is 0 Å². The molecular weight excluding hydrogens is 184 g/mol. The number of carboxylic acids is 1. The summed E-state index contributed by atoms with van der Waals surface area (Å²) in [6, 6.07) is 0. The number of carbonyl (C=O) groups is 2. The van der Waals surface area contributed by atoms with Crippen LogP contribution >= 0.6 is 0 Å². The lowest BCUT2D eigenvalue weighted by Crippen LogP contribution is -2.25. The van der Waals surface area contributed by atoms with Gasteiger partial charge in [0.1, 0.15) is 0 Å². The molecular formula is C9H18N2O3. The fourth-order valence-corrected chi connectivity index (χ4v) is 1.65. The largest absolute Gasteiger partial charge is 0.481 e. The van der Waals surface area contributed by atoms with Crippen LogP contribution in [0, 0.1) is 11.8 Å². The first kappa shape index (κ1) is 12.9. The molecule has 1 saturated carbocycles. The summed E-state index contributed by atoms with van der Waals surface area (Å²) in [6.45, 7) is 0.715. The summed E-state index contributed by atoms with van der Waals surface area (Å²) in [4.78, 5) is 19.1. The van der Waals surface area contributed by atoms with Gasteiger partial charge in [-0.2, -0.15) is 0 Å². The SMILES string of the molecule is NC=O.NC[C@H]1CC[C@H](C(=O)O)CC1. The lowest BCUT2D eigenvalue weighted by molar-refractivity contribution is -0.143. The highest BCUT2D eigenvalue weighted by Crippen LogP contribution is 2.27. The molecule has 5 N–H and O–H groups in total. The Kier molecular flexibility index (Phi) is 6.74. The third-order valence-corrected chi connectivity index (χ3v) is 2.53. The van der Waals surface area contributed by atoms with Crippen molar-refractivity contribution in [1.29, 1.82) is 0 Å². The van der Waals surface area contributed by atoms with E-state index in [0.717, 1.165) is 25.7 Å². The van der Waals surface area contributed by atoms with Crippen molar-refractivity contribution in [2.45, 2.75) is 25.7 Å². The number of hydrogen-bond acceptors (Lipinski definition) is 3. The highest BCUT2D eigenvalue weighted by Gasteiger charge is 2.24. The van der Waals surface area contributed by atoms with Gasteiger partial charge in [-0.3, -0.25) is 9.59 Å². The van der Waals surface area contributed by atoms with Gasteiger partial charge < -0.3 is 16.6 Å². The van der Waals surface area contributed by atoms with Gasteiger partial charge in [0.15, 0.2) is 0 Å². The maximum atomic E-state index is 10.5. The summed E-state index contributed by atoms with van der Waals surface area (Å²) in [5, 5.41) is 8.67. The lowest BCUT2D eigenvalue weighted by atomic mass is 9.82. The average Bonchev–Trinajstić information content (AvgIpc) is 2.19. The van der Waals surface area contributed by atoms with E-state index in [0.29, 0.717) is 12.5 Å². The molecule has 0 atom stereocenters. The predicted octanol–water partition coefficient (Wildman–Crippen LogP) is -0.0624. The van der Waals surface area contributed by atoms with Crippen LogP contribution in [-0.4, -0.2) is 24.0 Å². The third kappa shape index (κ3) is 4.81. The van der Waals surface area contributed by atoms with Gasteiger partial charge in [-0.05, 0) is 38.1 Å². The average molecular weight is 202 g/mol. The number of hydrogen-bond donors (Lipinski definition) is 3. The fourth-order valence-electron chi connectivity index (χ4n) is 1.65. The smallest absolute Gasteiger partial charge is 0.306 e. The van der Waals surface area contributed by atoms with E-state index in [4.69, 9.17) is 15.6 Å². The normalized spacial score (nSPS) is 25.8. The number of amides is 1. The van der Waals surface area contributed by atoms with Crippen LogP contribution in [0.2, 0.25) is 0 Å². The fraction of sp³-hybridized carbons (Fsp3) is 0.778. The van der Waals surface area contributed by atoms with Crippen molar-refractivity contribution in [2.24, 2.45) is 23.3 Å². The van der Waals surface area contributed by atoms with Crippen molar-refractivity contribution < 1.29 is 14.7 Å². The molecule has 0 heterocycles. The first-order valence-electron chi connectivity index (χ1n) is 4.73. The van der Waals surface area contributed by atoms with Crippen LogP contribution in [0.1, 0.15) is 25.7 Å². The van der Waals surface area contributed by atoms with Gasteiger partial charge in [0, 0.05) is 0 Å². The second-order valence-electron chi connectivity index (χ2n) is 3.43. The quantitative estimate of drug-likeness (QED) is 0.545. The van der Waals surface area contributed by atoms with Crippen LogP contribution < -0.4 is 11.5 Å². The standard InChI is InChI=1S/C8H15NO2.CH3NO/c9-5-6-1-3-7(4-2-6)8(10)11;2-1-3/h6-7H,1-5,9H2,(H,10,11);1H,(H2,2,3)/t6-,7-;. The Hall–Kier alpha value is -1.10. The van der Waals surface area contributed by atoms with E-state index < -0.39 is 5.97 Å². The Morgan fingerprint density at radius 2 is 1.79 bits per heavy atom. The summed E-state index contributed by atoms with van der Waals surface area (Å²) in [6.07, 6.45) is 3.87. The summed E-state index contributed by atoms with van der Waals surface area (Å²) in [5.41, 5.74) is 9.64. The Balaban J connectivity index is 0.000000500. The molecule has 0 saturated heterocycles. The summed E-state index contributed by atoms with van der Waals surface area (Å²) < 4.78 is 0. The maximum absolute atomic E-state index is 10.5. The Bertz CT molecular complexity index is 177. The van der Waals surface area contributed by atoms with Crippen LogP contribution in [0.25, 0.3) is 0 Å². The van der Waals surface area contributed by atoms with Gasteiger partial charge in [-0.1, -0.05) is 0 Å². The summed E-state index contributed by atoms with van der Waals surface area (Å²) >= 11 is 0. The van der Waals surface area contributed by atoms with Crippen LogP contribution in [0.4, 0.5) is 0 Å². The Morgan fingerprint density at radius 3 is 2.07 bits per heavy atom. The molecule has 0 spiro atoms. The van der Waals surface area contributed by atoms with Crippen molar-refractivity contribution in [1.82, 2.24) is 0 Å². The highest BCUT2D eigenvalue weighted by molar-refractivity contribution is 5.69. The Morgan fingerprint density at radius 1 is 1.36 bits per heavy atom. The Labute approximate surface area is 83.5 Å². The topological polar surface area (TPSA) is 106 Å². The molecule has 0 aliphatic heterocycles. The lowest BCUT2D eigenvalue weighted by Gasteiger charge is -2.24. The first-order chi connectivity index (χ1) is 6.65. The minimum atomic E-state index is -0.638. The van der Waals surface area contributed by atoms with Crippen LogP contribution in [0.15, 0.2) is 0 Å². The number of carboxylic acid groups (broad SMARTS) is 1. The molecule has 1 aliphatic rings. The predicted molar refractivity (Wildman–Crippen MR) is 52.4 cm³/mol. The van der Waals surface area contributed by atoms with Gasteiger partial charge in [-0.25, -0.2) is 0 Å². The van der Waals surface area contributed by atoms with Crippen molar-refractivity contribution >= 4 is 12.4 Å². The minimum Gasteiger partial charge on any atom is -0.481 e. The number of nitrogens with two attached hydrogens (primary N) is 2. The van der Waals surface area contributed by atoms with Crippen LogP contribution in [-0.2, 0) is 9.59 Å². The molecule has 0 unspecified atom stereocenters. The maximum Gasteiger partial charge on any atom is 0.306 e. The van der Waals surface area contributed by atoms with E-state index in [1.165, 1.54) is 0 Å². The van der Waals surface area contributed by atoms with Crippen molar-refractivity contribution in [2.75, 3.05) is 6.54 Å². The minimum absolute atomic E-state index is 0.0993. The molecule has 0 bridgehead atoms. The molecule has 0 aromatic heterocycles. The second kappa shape index (κ2) is 7.32. The highest BCUT2D eigenvalue weighted by atomic mass is 16.4. The zero-order chi connectivity index (χ0) is 11.0. The second-order valence-corrected chi connectivity index (χ2v) is 3.43. The van der Waals surface area contributed by atoms with Crippen molar-refractivity contribution in [3.05, 3.63) is 0 Å². The van der Waals surface area contributed by atoms with E-state index in [9.17, 15) is 4.79 Å². The molecule has 0 aromatic rings. The monoisotopic (exact) mass is 202 g/mol. The summed E-state index contributed by atoms with van der Waals surface area (Å²) in [5.74, 6) is -0.163. The number of rotatable bonds is 2. The van der Waals surface area contributed by atoms with E-state index >= 15 is 0 Å². The summed E-state index contributed by atoms with van der Waals surface area (Å²) in [7, 11) is 0. The number of primary amides is 1. The first-order valence-corrected chi connectivity index (χ1v) is 4.73. The van der Waals surface area contributed by atoms with Gasteiger partial charge in [0.05, 0.1) is 5.92 Å². The molecule has 1 rings (SSSR count). The number of carbonyl (C=O) groups excluding carboxylic acids is 1. The molecule has 1 fully saturated rings. The molecule has 1 aliphatic carbocycles. The van der Waals surface area contributed by atoms with Gasteiger partial charge in [0.2, 0.25) is 6.41 Å². The van der Waals surface area contributed by atoms with Crippen molar-refractivity contribution in [3.63, 3.8) is 0 Å². The molecule has 0 aromatic carbocycles. The van der Waals surface area contributed by atoms with Crippen LogP contribution in [0.3, 0.4) is 0 Å². The van der Waals surface area contributed by atoms with E-state index in [1.807, 2.05) is 0 Å². The molecule has 82 valence electrons. The molecule has 5 heteroatoms. The van der Waals surface area contributed by atoms with E-state index in [-0.39, 0.29) is 12.3 Å². The zero-order valence-corrected chi connectivity index (χ0v) is 8.19. The molecule has 1 amide bonds. The molecule has 0 radical (unpaired) electrons. The van der Waals surface area contributed by atoms with Gasteiger partial charge >= 0.3 is 5.97 Å². The van der Waals surface area contributed by atoms with Gasteiger partial charge in [-0.15, -0.1) is 0 Å². The van der Waals surface area contributed by atoms with Gasteiger partial charge in [0.25, 0.3) is 0 Å². The third-order valence-electron chi connectivity index (χ3n) is 2.53. The molecule has 5 nitrogen and oxygen atoms in total. The van der Waals surface area contributed by atoms with Crippen molar-refractivity contribution in [3.8, 4) is 0 Å².